The van der Waals surface area contributed by atoms with Gasteiger partial charge >= 0.3 is 13.6 Å². The molecule has 1 aliphatic rings. The molecular weight excluding hydrogens is 413 g/mol. The summed E-state index contributed by atoms with van der Waals surface area (Å²) >= 11 is 0. The molecule has 1 aromatic carbocycles. The van der Waals surface area contributed by atoms with E-state index in [-0.39, 0.29) is 29.6 Å². The van der Waals surface area contributed by atoms with Crippen LogP contribution in [0.1, 0.15) is 31.7 Å². The molecule has 0 aromatic heterocycles. The van der Waals surface area contributed by atoms with Crippen molar-refractivity contribution in [3.63, 3.8) is 0 Å². The van der Waals surface area contributed by atoms with Gasteiger partial charge in [-0.3, -0.25) is 14.7 Å². The molecule has 11 heteroatoms. The molecule has 0 spiro atoms. The van der Waals surface area contributed by atoms with Gasteiger partial charge < -0.3 is 19.1 Å². The van der Waals surface area contributed by atoms with Gasteiger partial charge in [-0.1, -0.05) is 12.1 Å². The molecule has 2 rings (SSSR count). The first-order valence-corrected chi connectivity index (χ1v) is 10.4. The Labute approximate surface area is 173 Å². The predicted octanol–water partition coefficient (Wildman–Crippen LogP) is 3.73. The third-order valence-electron chi connectivity index (χ3n) is 4.58. The monoisotopic (exact) mass is 435 g/mol. The topological polar surface area (TPSA) is 141 Å². The van der Waals surface area contributed by atoms with Crippen molar-refractivity contribution in [1.29, 1.82) is 5.26 Å². The summed E-state index contributed by atoms with van der Waals surface area (Å²) in [5.41, 5.74) is 1.12. The molecule has 1 aromatic rings. The Kier molecular flexibility index (Phi) is 7.51. The smallest absolute Gasteiger partial charge is 0.359 e. The van der Waals surface area contributed by atoms with Crippen LogP contribution in [-0.2, 0) is 23.1 Å². The van der Waals surface area contributed by atoms with Crippen LogP contribution < -0.4 is 5.32 Å². The molecule has 1 atom stereocenters. The van der Waals surface area contributed by atoms with Crippen LogP contribution in [0.2, 0.25) is 0 Å². The van der Waals surface area contributed by atoms with E-state index in [1.165, 1.54) is 32.4 Å². The molecule has 0 aliphatic carbocycles. The molecule has 30 heavy (non-hydrogen) atoms. The Balaban J connectivity index is 2.72. The van der Waals surface area contributed by atoms with Gasteiger partial charge in [0.1, 0.15) is 6.61 Å². The number of nitro groups is 1. The molecule has 0 saturated heterocycles. The molecule has 1 aliphatic heterocycles. The Morgan fingerprint density at radius 3 is 2.53 bits per heavy atom. The van der Waals surface area contributed by atoms with Gasteiger partial charge in [-0.2, -0.15) is 5.26 Å². The predicted molar refractivity (Wildman–Crippen MR) is 107 cm³/mol. The van der Waals surface area contributed by atoms with Crippen LogP contribution in [0, 0.1) is 21.4 Å². The van der Waals surface area contributed by atoms with E-state index in [2.05, 4.69) is 5.32 Å². The zero-order valence-electron chi connectivity index (χ0n) is 17.0. The summed E-state index contributed by atoms with van der Waals surface area (Å²) in [5.74, 6) is -1.72. The van der Waals surface area contributed by atoms with Crippen molar-refractivity contribution in [3.05, 3.63) is 62.2 Å². The first-order chi connectivity index (χ1) is 14.2. The number of nitriles is 1. The first kappa shape index (κ1) is 23.3. The number of dihydropyridines is 1. The largest absolute Gasteiger partial charge is 0.461 e. The molecule has 1 N–H and O–H groups in total. The van der Waals surface area contributed by atoms with Gasteiger partial charge in [0.25, 0.3) is 5.69 Å². The molecule has 160 valence electrons. The highest BCUT2D eigenvalue weighted by molar-refractivity contribution is 7.58. The summed E-state index contributed by atoms with van der Waals surface area (Å²) in [6.45, 7) is 3.15. The Morgan fingerprint density at radius 1 is 1.30 bits per heavy atom. The lowest BCUT2D eigenvalue weighted by atomic mass is 9.86. The number of carbonyl (C=O) groups excluding carboxylic acids is 1. The molecule has 1 unspecified atom stereocenters. The van der Waals surface area contributed by atoms with Crippen molar-refractivity contribution in [2.45, 2.75) is 26.2 Å². The highest BCUT2D eigenvalue weighted by Gasteiger charge is 2.44. The minimum atomic E-state index is -3.86. The maximum Gasteiger partial charge on any atom is 0.359 e. The fourth-order valence-electron chi connectivity index (χ4n) is 3.30. The number of allylic oxidation sites excluding steroid dienone is 3. The van der Waals surface area contributed by atoms with Gasteiger partial charge in [0.05, 0.1) is 34.2 Å². The molecule has 0 fully saturated rings. The van der Waals surface area contributed by atoms with Crippen molar-refractivity contribution in [2.75, 3.05) is 20.8 Å². The third-order valence-corrected chi connectivity index (χ3v) is 6.73. The minimum Gasteiger partial charge on any atom is -0.461 e. The maximum absolute atomic E-state index is 13.4. The molecule has 0 amide bonds. The fraction of sp³-hybridized carbons (Fsp3) is 0.368. The number of ether oxygens (including phenoxy) is 1. The number of rotatable bonds is 8. The second-order valence-corrected chi connectivity index (χ2v) is 8.57. The molecular formula is C19H22N3O7P. The SMILES string of the molecule is COP(=O)(OC)C1=C(C)NC(C)=C(C(=O)OCCC#N)C1c1cccc([N+](=O)[O-])c1. The van der Waals surface area contributed by atoms with Crippen LogP contribution in [0.3, 0.4) is 0 Å². The van der Waals surface area contributed by atoms with E-state index in [0.29, 0.717) is 17.0 Å². The van der Waals surface area contributed by atoms with E-state index < -0.39 is 24.4 Å². The average Bonchev–Trinajstić information content (AvgIpc) is 2.72. The second-order valence-electron chi connectivity index (χ2n) is 6.37. The van der Waals surface area contributed by atoms with Crippen molar-refractivity contribution in [3.8, 4) is 6.07 Å². The van der Waals surface area contributed by atoms with Gasteiger partial charge in [0.15, 0.2) is 0 Å². The van der Waals surface area contributed by atoms with E-state index >= 15 is 0 Å². The number of benzene rings is 1. The summed E-state index contributed by atoms with van der Waals surface area (Å²) in [6, 6.07) is 7.55. The zero-order valence-corrected chi connectivity index (χ0v) is 17.9. The van der Waals surface area contributed by atoms with Crippen LogP contribution >= 0.6 is 7.60 Å². The Morgan fingerprint density at radius 2 is 1.97 bits per heavy atom. The molecule has 0 radical (unpaired) electrons. The number of nitrogens with one attached hydrogen (secondary N) is 1. The van der Waals surface area contributed by atoms with E-state index in [4.69, 9.17) is 19.0 Å². The first-order valence-electron chi connectivity index (χ1n) is 8.89. The van der Waals surface area contributed by atoms with E-state index in [9.17, 15) is 19.5 Å². The lowest BCUT2D eigenvalue weighted by molar-refractivity contribution is -0.384. The van der Waals surface area contributed by atoms with Crippen LogP contribution in [0.5, 0.6) is 0 Å². The highest BCUT2D eigenvalue weighted by Crippen LogP contribution is 2.63. The van der Waals surface area contributed by atoms with E-state index in [1.54, 1.807) is 19.9 Å². The number of nitro benzene ring substituents is 1. The summed E-state index contributed by atoms with van der Waals surface area (Å²) in [5, 5.41) is 23.1. The number of nitrogens with zero attached hydrogens (tertiary/aromatic N) is 2. The van der Waals surface area contributed by atoms with Crippen LogP contribution in [-0.4, -0.2) is 31.7 Å². The molecule has 0 bridgehead atoms. The van der Waals surface area contributed by atoms with Crippen LogP contribution in [0.25, 0.3) is 0 Å². The Bertz CT molecular complexity index is 1000. The quantitative estimate of drug-likeness (QED) is 0.212. The number of hydrogen-bond acceptors (Lipinski definition) is 9. The van der Waals surface area contributed by atoms with Crippen molar-refractivity contribution >= 4 is 19.3 Å². The van der Waals surface area contributed by atoms with Gasteiger partial charge in [-0.05, 0) is 19.4 Å². The van der Waals surface area contributed by atoms with E-state index in [0.717, 1.165) is 0 Å². The van der Waals surface area contributed by atoms with Gasteiger partial charge in [-0.15, -0.1) is 0 Å². The minimum absolute atomic E-state index is 0.00330. The number of esters is 1. The third kappa shape index (κ3) is 4.60. The standard InChI is InChI=1S/C19H22N3O7P/c1-12-16(19(23)29-10-6-9-20)17(14-7-5-8-15(11-14)22(24)25)18(13(2)21-12)30(26,27-3)28-4/h5,7-8,11,17,21H,6,10H2,1-4H3. The normalized spacial score (nSPS) is 16.7. The average molecular weight is 435 g/mol. The Hall–Kier alpha value is -2.99. The van der Waals surface area contributed by atoms with Crippen molar-refractivity contribution in [2.24, 2.45) is 0 Å². The zero-order chi connectivity index (χ0) is 22.5. The lowest BCUT2D eigenvalue weighted by Crippen LogP contribution is -2.29. The molecule has 10 nitrogen and oxygen atoms in total. The van der Waals surface area contributed by atoms with Gasteiger partial charge in [0.2, 0.25) is 0 Å². The van der Waals surface area contributed by atoms with E-state index in [1.807, 2.05) is 6.07 Å². The lowest BCUT2D eigenvalue weighted by Gasteiger charge is -2.33. The van der Waals surface area contributed by atoms with Gasteiger partial charge in [-0.25, -0.2) is 4.79 Å². The maximum atomic E-state index is 13.4. The summed E-state index contributed by atoms with van der Waals surface area (Å²) < 4.78 is 28.9. The second kappa shape index (κ2) is 9.67. The number of non-ortho nitro benzene ring substituents is 1. The van der Waals surface area contributed by atoms with Crippen molar-refractivity contribution in [1.82, 2.24) is 5.32 Å². The number of hydrogen-bond donors (Lipinski definition) is 1. The number of carbonyl (C=O) groups is 1. The fourth-order valence-corrected chi connectivity index (χ4v) is 4.90. The summed E-state index contributed by atoms with van der Waals surface area (Å²) in [7, 11) is -1.43. The summed E-state index contributed by atoms with van der Waals surface area (Å²) in [6.07, 6.45) is 0.00330. The van der Waals surface area contributed by atoms with Crippen LogP contribution in [0.4, 0.5) is 5.69 Å². The van der Waals surface area contributed by atoms with Crippen molar-refractivity contribution < 1.29 is 28.1 Å². The highest BCUT2D eigenvalue weighted by atomic mass is 31.2. The van der Waals surface area contributed by atoms with Crippen LogP contribution in [0.15, 0.2) is 46.5 Å². The molecule has 0 saturated carbocycles. The van der Waals surface area contributed by atoms with Gasteiger partial charge in [0, 0.05) is 37.7 Å². The molecule has 1 heterocycles. The summed E-state index contributed by atoms with van der Waals surface area (Å²) in [4.78, 5) is 23.6.